The summed E-state index contributed by atoms with van der Waals surface area (Å²) < 4.78 is 22.8. The SMILES string of the molecule is NS(=O)(=O)c1nc(-c2cccc(Br)c2)n[nH]1. The summed E-state index contributed by atoms with van der Waals surface area (Å²) in [6, 6.07) is 7.18. The van der Waals surface area contributed by atoms with Crippen LogP contribution in [0, 0.1) is 0 Å². The Morgan fingerprint density at radius 3 is 2.69 bits per heavy atom. The van der Waals surface area contributed by atoms with E-state index in [1.165, 1.54) is 0 Å². The number of hydrogen-bond acceptors (Lipinski definition) is 4. The normalized spacial score (nSPS) is 11.6. The third kappa shape index (κ3) is 2.29. The zero-order valence-corrected chi connectivity index (χ0v) is 10.3. The summed E-state index contributed by atoms with van der Waals surface area (Å²) in [5, 5.41) is 10.6. The number of aromatic nitrogens is 3. The molecule has 0 aliphatic carbocycles. The van der Waals surface area contributed by atoms with Gasteiger partial charge >= 0.3 is 0 Å². The molecular weight excluding hydrogens is 296 g/mol. The molecule has 2 rings (SSSR count). The lowest BCUT2D eigenvalue weighted by Gasteiger charge is -1.94. The minimum Gasteiger partial charge on any atom is -0.248 e. The van der Waals surface area contributed by atoms with Gasteiger partial charge in [-0.2, -0.15) is 10.1 Å². The molecule has 0 atom stereocenters. The van der Waals surface area contributed by atoms with Crippen LogP contribution < -0.4 is 5.14 Å². The van der Waals surface area contributed by atoms with E-state index in [4.69, 9.17) is 5.14 Å². The Bertz CT molecular complexity index is 622. The van der Waals surface area contributed by atoms with E-state index in [0.717, 1.165) is 4.47 Å². The third-order valence-electron chi connectivity index (χ3n) is 1.82. The van der Waals surface area contributed by atoms with Gasteiger partial charge in [-0.05, 0) is 12.1 Å². The molecule has 0 radical (unpaired) electrons. The molecule has 8 heteroatoms. The fourth-order valence-corrected chi connectivity index (χ4v) is 1.92. The van der Waals surface area contributed by atoms with Crippen molar-refractivity contribution in [2.45, 2.75) is 5.16 Å². The zero-order chi connectivity index (χ0) is 11.8. The fraction of sp³-hybridized carbons (Fsp3) is 0. The van der Waals surface area contributed by atoms with Crippen LogP contribution in [0.5, 0.6) is 0 Å². The molecule has 1 heterocycles. The second-order valence-corrected chi connectivity index (χ2v) is 5.41. The number of nitrogens with zero attached hydrogens (tertiary/aromatic N) is 2. The molecule has 0 bridgehead atoms. The summed E-state index contributed by atoms with van der Waals surface area (Å²) in [7, 11) is -3.84. The van der Waals surface area contributed by atoms with Crippen LogP contribution in [0.3, 0.4) is 0 Å². The van der Waals surface area contributed by atoms with Gasteiger partial charge < -0.3 is 0 Å². The van der Waals surface area contributed by atoms with E-state index in [1.807, 2.05) is 6.07 Å². The number of benzene rings is 1. The quantitative estimate of drug-likeness (QED) is 0.859. The second kappa shape index (κ2) is 3.96. The van der Waals surface area contributed by atoms with E-state index in [9.17, 15) is 8.42 Å². The lowest BCUT2D eigenvalue weighted by molar-refractivity contribution is 0.589. The number of H-pyrrole nitrogens is 1. The number of nitrogens with two attached hydrogens (primary N) is 1. The molecule has 1 aromatic carbocycles. The Hall–Kier alpha value is -1.25. The molecule has 0 saturated carbocycles. The topological polar surface area (TPSA) is 102 Å². The number of halogens is 1. The summed E-state index contributed by atoms with van der Waals surface area (Å²) in [6.07, 6.45) is 0. The van der Waals surface area contributed by atoms with Crippen molar-refractivity contribution in [2.24, 2.45) is 5.14 Å². The number of sulfonamides is 1. The molecule has 0 amide bonds. The minimum absolute atomic E-state index is 0.283. The van der Waals surface area contributed by atoms with Gasteiger partial charge in [0.25, 0.3) is 15.2 Å². The second-order valence-electron chi connectivity index (χ2n) is 3.02. The van der Waals surface area contributed by atoms with Crippen LogP contribution in [0.4, 0.5) is 0 Å². The van der Waals surface area contributed by atoms with Gasteiger partial charge in [-0.25, -0.2) is 18.7 Å². The van der Waals surface area contributed by atoms with Crippen molar-refractivity contribution in [1.82, 2.24) is 15.2 Å². The van der Waals surface area contributed by atoms with Crippen LogP contribution in [0.1, 0.15) is 0 Å². The Morgan fingerprint density at radius 1 is 1.38 bits per heavy atom. The molecule has 1 aromatic heterocycles. The highest BCUT2D eigenvalue weighted by Gasteiger charge is 2.14. The Labute approximate surface area is 100 Å². The maximum atomic E-state index is 11.0. The summed E-state index contributed by atoms with van der Waals surface area (Å²) >= 11 is 3.30. The Morgan fingerprint density at radius 2 is 2.12 bits per heavy atom. The highest BCUT2D eigenvalue weighted by Crippen LogP contribution is 2.19. The average molecular weight is 303 g/mol. The first-order chi connectivity index (χ1) is 7.47. The molecule has 16 heavy (non-hydrogen) atoms. The summed E-state index contributed by atoms with van der Waals surface area (Å²) in [5.41, 5.74) is 0.695. The van der Waals surface area contributed by atoms with Gasteiger partial charge in [0.15, 0.2) is 5.82 Å². The van der Waals surface area contributed by atoms with Crippen molar-refractivity contribution in [1.29, 1.82) is 0 Å². The van der Waals surface area contributed by atoms with Gasteiger partial charge in [-0.1, -0.05) is 28.1 Å². The monoisotopic (exact) mass is 302 g/mol. The molecule has 0 aliphatic heterocycles. The van der Waals surface area contributed by atoms with Crippen LogP contribution in [0.2, 0.25) is 0 Å². The largest absolute Gasteiger partial charge is 0.273 e. The van der Waals surface area contributed by atoms with Crippen molar-refractivity contribution < 1.29 is 8.42 Å². The van der Waals surface area contributed by atoms with Crippen molar-refractivity contribution in [3.63, 3.8) is 0 Å². The molecular formula is C8H7BrN4O2S. The molecule has 3 N–H and O–H groups in total. The third-order valence-corrected chi connectivity index (χ3v) is 3.03. The maximum Gasteiger partial charge on any atom is 0.273 e. The van der Waals surface area contributed by atoms with Crippen molar-refractivity contribution in [3.8, 4) is 11.4 Å². The first-order valence-corrected chi connectivity index (χ1v) is 6.52. The number of nitrogens with one attached hydrogen (secondary N) is 1. The Kier molecular flexibility index (Phi) is 2.78. The van der Waals surface area contributed by atoms with Crippen LogP contribution in [-0.4, -0.2) is 23.6 Å². The smallest absolute Gasteiger partial charge is 0.248 e. The number of aromatic amines is 1. The predicted octanol–water partition coefficient (Wildman–Crippen LogP) is 0.882. The average Bonchev–Trinajstić information content (AvgIpc) is 2.65. The molecule has 0 saturated heterocycles. The molecule has 84 valence electrons. The molecule has 2 aromatic rings. The highest BCUT2D eigenvalue weighted by molar-refractivity contribution is 9.10. The van der Waals surface area contributed by atoms with Crippen LogP contribution in [0.25, 0.3) is 11.4 Å². The summed E-state index contributed by atoms with van der Waals surface area (Å²) in [4.78, 5) is 3.79. The van der Waals surface area contributed by atoms with Gasteiger partial charge in [0, 0.05) is 10.0 Å². The van der Waals surface area contributed by atoms with E-state index >= 15 is 0 Å². The van der Waals surface area contributed by atoms with Gasteiger partial charge in [-0.3, -0.25) is 0 Å². The van der Waals surface area contributed by atoms with E-state index in [1.54, 1.807) is 18.2 Å². The van der Waals surface area contributed by atoms with Gasteiger partial charge in [0.05, 0.1) is 0 Å². The number of primary sulfonamides is 1. The van der Waals surface area contributed by atoms with Crippen molar-refractivity contribution in [2.75, 3.05) is 0 Å². The van der Waals surface area contributed by atoms with Crippen LogP contribution in [0.15, 0.2) is 33.9 Å². The van der Waals surface area contributed by atoms with E-state index in [2.05, 4.69) is 31.1 Å². The van der Waals surface area contributed by atoms with Crippen molar-refractivity contribution >= 4 is 26.0 Å². The van der Waals surface area contributed by atoms with Crippen LogP contribution >= 0.6 is 15.9 Å². The Balaban J connectivity index is 2.47. The molecule has 0 unspecified atom stereocenters. The number of hydrogen-bond donors (Lipinski definition) is 2. The van der Waals surface area contributed by atoms with Crippen molar-refractivity contribution in [3.05, 3.63) is 28.7 Å². The lowest BCUT2D eigenvalue weighted by Crippen LogP contribution is -2.13. The molecule has 6 nitrogen and oxygen atoms in total. The predicted molar refractivity (Wildman–Crippen MR) is 60.9 cm³/mol. The van der Waals surface area contributed by atoms with E-state index < -0.39 is 10.0 Å². The van der Waals surface area contributed by atoms with E-state index in [-0.39, 0.29) is 11.0 Å². The van der Waals surface area contributed by atoms with Crippen LogP contribution in [-0.2, 0) is 10.0 Å². The first kappa shape index (κ1) is 11.2. The maximum absolute atomic E-state index is 11.0. The van der Waals surface area contributed by atoms with Gasteiger partial charge in [0.2, 0.25) is 0 Å². The van der Waals surface area contributed by atoms with Gasteiger partial charge in [-0.15, -0.1) is 0 Å². The van der Waals surface area contributed by atoms with Gasteiger partial charge in [0.1, 0.15) is 0 Å². The summed E-state index contributed by atoms with van der Waals surface area (Å²) in [6.45, 7) is 0. The standard InChI is InChI=1S/C8H7BrN4O2S/c9-6-3-1-2-5(4-6)7-11-8(13-12-7)16(10,14)15/h1-4H,(H2,10,14,15)(H,11,12,13). The first-order valence-electron chi connectivity index (χ1n) is 4.18. The fourth-order valence-electron chi connectivity index (χ4n) is 1.13. The zero-order valence-electron chi connectivity index (χ0n) is 7.88. The summed E-state index contributed by atoms with van der Waals surface area (Å²) in [5.74, 6) is 0.283. The molecule has 0 spiro atoms. The minimum atomic E-state index is -3.84. The highest BCUT2D eigenvalue weighted by atomic mass is 79.9. The molecule has 0 aliphatic rings. The molecule has 0 fully saturated rings. The lowest BCUT2D eigenvalue weighted by atomic mass is 10.2. The van der Waals surface area contributed by atoms with E-state index in [0.29, 0.717) is 5.56 Å². The number of rotatable bonds is 2.